The Morgan fingerprint density at radius 2 is 2.07 bits per heavy atom. The van der Waals surface area contributed by atoms with Crippen molar-refractivity contribution in [3.8, 4) is 0 Å². The highest BCUT2D eigenvalue weighted by Crippen LogP contribution is 2.29. The van der Waals surface area contributed by atoms with Gasteiger partial charge in [0, 0.05) is 32.3 Å². The first-order valence-electron chi connectivity index (χ1n) is 9.94. The number of carbonyl (C=O) groups excluding carboxylic acids is 2. The lowest BCUT2D eigenvalue weighted by Gasteiger charge is -2.23. The van der Waals surface area contributed by atoms with Gasteiger partial charge in [0.1, 0.15) is 17.1 Å². The molecule has 0 N–H and O–H groups in total. The third-order valence-corrected chi connectivity index (χ3v) is 5.74. The van der Waals surface area contributed by atoms with Crippen LogP contribution in [-0.2, 0) is 27.4 Å². The largest absolute Gasteiger partial charge is 0.383 e. The van der Waals surface area contributed by atoms with E-state index in [4.69, 9.17) is 9.47 Å². The van der Waals surface area contributed by atoms with Crippen LogP contribution in [0.15, 0.2) is 10.9 Å². The normalized spacial score (nSPS) is 18.4. The highest BCUT2D eigenvalue weighted by molar-refractivity contribution is 5.98. The van der Waals surface area contributed by atoms with Crippen LogP contribution in [0.1, 0.15) is 54.4 Å². The molecule has 1 amide bonds. The first-order valence-corrected chi connectivity index (χ1v) is 9.94. The molecule has 1 saturated heterocycles. The van der Waals surface area contributed by atoms with Gasteiger partial charge in [-0.2, -0.15) is 9.61 Å². The summed E-state index contributed by atoms with van der Waals surface area (Å²) in [6.07, 6.45) is 1.68. The Morgan fingerprint density at radius 1 is 1.34 bits per heavy atom. The van der Waals surface area contributed by atoms with Gasteiger partial charge >= 0.3 is 0 Å². The quantitative estimate of drug-likeness (QED) is 0.715. The van der Waals surface area contributed by atoms with Gasteiger partial charge < -0.3 is 18.9 Å². The van der Waals surface area contributed by atoms with Crippen LogP contribution in [0.5, 0.6) is 0 Å². The minimum atomic E-state index is -0.298. The van der Waals surface area contributed by atoms with Gasteiger partial charge in [0.25, 0.3) is 11.5 Å². The molecule has 2 aromatic heterocycles. The summed E-state index contributed by atoms with van der Waals surface area (Å²) in [6.45, 7) is 5.25. The van der Waals surface area contributed by atoms with Crippen LogP contribution in [0, 0.1) is 0 Å². The average molecular weight is 402 g/mol. The number of amides is 1. The molecule has 0 unspecified atom stereocenters. The summed E-state index contributed by atoms with van der Waals surface area (Å²) in [6, 6.07) is 1.66. The number of methoxy groups -OCH3 is 1. The van der Waals surface area contributed by atoms with Crippen molar-refractivity contribution in [3.63, 3.8) is 0 Å². The molecule has 2 aliphatic heterocycles. The van der Waals surface area contributed by atoms with Crippen molar-refractivity contribution in [1.82, 2.24) is 19.1 Å². The van der Waals surface area contributed by atoms with Gasteiger partial charge in [0.2, 0.25) is 0 Å². The third-order valence-electron chi connectivity index (χ3n) is 5.74. The predicted octanol–water partition coefficient (Wildman–Crippen LogP) is 0.970. The maximum atomic E-state index is 13.2. The molecular weight excluding hydrogens is 376 g/mol. The topological polar surface area (TPSA) is 95.1 Å². The van der Waals surface area contributed by atoms with E-state index < -0.39 is 0 Å². The van der Waals surface area contributed by atoms with E-state index in [1.807, 2.05) is 13.0 Å². The first kappa shape index (κ1) is 19.8. The second-order valence-electron chi connectivity index (χ2n) is 7.88. The van der Waals surface area contributed by atoms with E-state index in [-0.39, 0.29) is 42.3 Å². The first-order chi connectivity index (χ1) is 13.9. The van der Waals surface area contributed by atoms with Crippen molar-refractivity contribution in [2.45, 2.75) is 51.7 Å². The monoisotopic (exact) mass is 402 g/mol. The molecule has 156 valence electrons. The van der Waals surface area contributed by atoms with Crippen LogP contribution in [0.25, 0.3) is 5.65 Å². The predicted molar refractivity (Wildman–Crippen MR) is 104 cm³/mol. The van der Waals surface area contributed by atoms with Crippen LogP contribution in [-0.4, -0.2) is 63.7 Å². The van der Waals surface area contributed by atoms with Crippen LogP contribution in [0.4, 0.5) is 0 Å². The number of Topliss-reactive ketones (excluding diaryl/α,β-unsaturated/α-hetero) is 1. The maximum absolute atomic E-state index is 13.2. The van der Waals surface area contributed by atoms with E-state index in [0.29, 0.717) is 36.7 Å². The van der Waals surface area contributed by atoms with Gasteiger partial charge in [0.15, 0.2) is 0 Å². The van der Waals surface area contributed by atoms with Crippen molar-refractivity contribution >= 4 is 17.3 Å². The Morgan fingerprint density at radius 3 is 2.72 bits per heavy atom. The molecule has 4 heterocycles. The van der Waals surface area contributed by atoms with Gasteiger partial charge in [-0.3, -0.25) is 14.4 Å². The van der Waals surface area contributed by atoms with Crippen molar-refractivity contribution in [1.29, 1.82) is 0 Å². The Labute approximate surface area is 168 Å². The summed E-state index contributed by atoms with van der Waals surface area (Å²) < 4.78 is 13.6. The van der Waals surface area contributed by atoms with Gasteiger partial charge in [0.05, 0.1) is 37.0 Å². The number of aromatic nitrogens is 3. The molecule has 0 aliphatic carbocycles. The molecule has 9 heteroatoms. The van der Waals surface area contributed by atoms with E-state index in [1.54, 1.807) is 16.6 Å². The molecule has 0 radical (unpaired) electrons. The fourth-order valence-electron chi connectivity index (χ4n) is 4.27. The Balaban J connectivity index is 1.86. The minimum absolute atomic E-state index is 0.0171. The number of hydrogen-bond acceptors (Lipinski definition) is 6. The van der Waals surface area contributed by atoms with Gasteiger partial charge in [-0.25, -0.2) is 0 Å². The Kier molecular flexibility index (Phi) is 5.26. The van der Waals surface area contributed by atoms with E-state index >= 15 is 0 Å². The summed E-state index contributed by atoms with van der Waals surface area (Å²) >= 11 is 0. The van der Waals surface area contributed by atoms with E-state index in [9.17, 15) is 14.4 Å². The Hall–Kier alpha value is -2.52. The van der Waals surface area contributed by atoms with Crippen molar-refractivity contribution < 1.29 is 19.1 Å². The highest BCUT2D eigenvalue weighted by atomic mass is 16.5. The average Bonchev–Trinajstić information content (AvgIpc) is 3.29. The molecule has 2 aromatic rings. The summed E-state index contributed by atoms with van der Waals surface area (Å²) in [4.78, 5) is 40.0. The third kappa shape index (κ3) is 3.38. The van der Waals surface area contributed by atoms with Crippen LogP contribution < -0.4 is 5.56 Å². The smallest absolute Gasteiger partial charge is 0.280 e. The zero-order valence-electron chi connectivity index (χ0n) is 17.0. The number of nitrogens with zero attached hydrogens (tertiary/aromatic N) is 4. The maximum Gasteiger partial charge on any atom is 0.280 e. The number of fused-ring (bicyclic) bond motifs is 2. The van der Waals surface area contributed by atoms with Gasteiger partial charge in [-0.1, -0.05) is 0 Å². The minimum Gasteiger partial charge on any atom is -0.383 e. The van der Waals surface area contributed by atoms with Crippen molar-refractivity contribution in [2.75, 3.05) is 26.9 Å². The van der Waals surface area contributed by atoms with E-state index in [1.165, 1.54) is 11.4 Å². The summed E-state index contributed by atoms with van der Waals surface area (Å²) in [5.74, 6) is -0.139. The molecule has 0 aromatic carbocycles. The number of ether oxygens (including phenoxy) is 2. The molecule has 0 bridgehead atoms. The molecule has 0 saturated carbocycles. The Bertz CT molecular complexity index is 1020. The molecule has 2 aliphatic rings. The molecule has 9 nitrogen and oxygen atoms in total. The van der Waals surface area contributed by atoms with Crippen molar-refractivity contribution in [3.05, 3.63) is 33.4 Å². The van der Waals surface area contributed by atoms with Crippen LogP contribution >= 0.6 is 0 Å². The van der Waals surface area contributed by atoms with Crippen LogP contribution in [0.2, 0.25) is 0 Å². The zero-order chi connectivity index (χ0) is 20.7. The number of hydrogen-bond donors (Lipinski definition) is 0. The lowest BCUT2D eigenvalue weighted by molar-refractivity contribution is -0.117. The molecule has 1 atom stereocenters. The van der Waals surface area contributed by atoms with Crippen molar-refractivity contribution in [2.24, 2.45) is 0 Å². The summed E-state index contributed by atoms with van der Waals surface area (Å²) in [7, 11) is 1.57. The van der Waals surface area contributed by atoms with Crippen LogP contribution in [0.3, 0.4) is 0 Å². The standard InChI is InChI=1S/C20H26N4O5/c1-12(11-28-3)22-10-15-18(20(22)27)23(9-13(2)25)17-8-16(21-24(17)19(15)26)14-4-6-29-7-5-14/h8,12,14H,4-7,9-11H2,1-3H3/t12-/m0/s1. The van der Waals surface area contributed by atoms with Gasteiger partial charge in [-0.15, -0.1) is 0 Å². The van der Waals surface area contributed by atoms with E-state index in [0.717, 1.165) is 18.5 Å². The molecule has 1 fully saturated rings. The number of ketones is 1. The fourth-order valence-corrected chi connectivity index (χ4v) is 4.27. The molecular formula is C20H26N4O5. The lowest BCUT2D eigenvalue weighted by Crippen LogP contribution is -2.37. The molecule has 0 spiro atoms. The lowest BCUT2D eigenvalue weighted by atomic mass is 9.97. The summed E-state index contributed by atoms with van der Waals surface area (Å²) in [5.41, 5.74) is 1.67. The zero-order valence-corrected chi connectivity index (χ0v) is 17.0. The highest BCUT2D eigenvalue weighted by Gasteiger charge is 2.37. The van der Waals surface area contributed by atoms with Gasteiger partial charge in [-0.05, 0) is 26.7 Å². The second-order valence-corrected chi connectivity index (χ2v) is 7.88. The van der Waals surface area contributed by atoms with E-state index in [2.05, 4.69) is 5.10 Å². The summed E-state index contributed by atoms with van der Waals surface area (Å²) in [5, 5.41) is 4.57. The number of carbonyl (C=O) groups is 2. The SMILES string of the molecule is COC[C@H](C)N1Cc2c(n(CC(C)=O)c3cc(C4CCOCC4)nn3c2=O)C1=O. The molecule has 29 heavy (non-hydrogen) atoms. The second kappa shape index (κ2) is 7.72. The fraction of sp³-hybridized carbons (Fsp3) is 0.600. The molecule has 4 rings (SSSR count). The number of rotatable bonds is 6.